The minimum atomic E-state index is -0.355. The molecule has 0 atom stereocenters. The highest BCUT2D eigenvalue weighted by Gasteiger charge is 2.24. The number of hydrogen-bond donors (Lipinski definition) is 3. The predicted molar refractivity (Wildman–Crippen MR) is 245 cm³/mol. The SMILES string of the molecule is CCCCCN(c1nc(NCCNC(=O)CCc2cc(-n3nc4ccc(Cl)cc4n3)c(O)c(C(C)(C)C)c2)nc(N(CCCCCCN(C)C(C)C)C(C)C)n1)C(C)C. The standard InChI is InChI=1S/C45H72ClN11O2/c1-12-13-16-26-55(32(4)5)43-49-42(50-44(51-43)56(33(6)7)27-18-15-14-17-25-54(11)31(2)3)48-24-23-47-40(58)22-19-34-28-36(45(8,9)10)41(59)39(29-34)57-52-37-21-20-35(46)30-38(37)53-57/h20-21,28-33,59H,12-19,22-27H2,1-11H3,(H,47,58)(H,48,49,50,51). The van der Waals surface area contributed by atoms with E-state index in [2.05, 4.69) is 91.0 Å². The van der Waals surface area contributed by atoms with E-state index in [1.807, 2.05) is 32.9 Å². The first-order valence-electron chi connectivity index (χ1n) is 21.9. The van der Waals surface area contributed by atoms with Gasteiger partial charge in [0, 0.05) is 61.3 Å². The number of hydrogen-bond acceptors (Lipinski definition) is 11. The molecule has 13 nitrogen and oxygen atoms in total. The minimum absolute atomic E-state index is 0.0721. The second-order valence-electron chi connectivity index (χ2n) is 17.7. The van der Waals surface area contributed by atoms with Gasteiger partial charge >= 0.3 is 0 Å². The molecule has 0 aliphatic heterocycles. The highest BCUT2D eigenvalue weighted by Crippen LogP contribution is 2.37. The van der Waals surface area contributed by atoms with Crippen LogP contribution in [0, 0.1) is 0 Å². The molecule has 326 valence electrons. The molecular formula is C45H72ClN11O2. The lowest BCUT2D eigenvalue weighted by Gasteiger charge is -2.30. The van der Waals surface area contributed by atoms with Crippen molar-refractivity contribution in [1.82, 2.24) is 40.2 Å². The number of aromatic nitrogens is 6. The number of phenolic OH excluding ortho intramolecular Hbond substituents is 1. The van der Waals surface area contributed by atoms with E-state index in [9.17, 15) is 9.90 Å². The van der Waals surface area contributed by atoms with Crippen LogP contribution in [-0.2, 0) is 16.6 Å². The fourth-order valence-corrected chi connectivity index (χ4v) is 7.09. The van der Waals surface area contributed by atoms with Gasteiger partial charge in [-0.05, 0) is 116 Å². The summed E-state index contributed by atoms with van der Waals surface area (Å²) in [5.74, 6) is 1.92. The molecule has 0 saturated heterocycles. The third-order valence-corrected chi connectivity index (χ3v) is 11.0. The maximum Gasteiger partial charge on any atom is 0.232 e. The zero-order chi connectivity index (χ0) is 43.3. The Morgan fingerprint density at radius 2 is 1.41 bits per heavy atom. The summed E-state index contributed by atoms with van der Waals surface area (Å²) < 4.78 is 0. The number of anilines is 3. The van der Waals surface area contributed by atoms with E-state index in [1.54, 1.807) is 18.2 Å². The molecule has 14 heteroatoms. The number of nitrogens with zero attached hydrogens (tertiary/aromatic N) is 9. The van der Waals surface area contributed by atoms with Crippen LogP contribution in [0.3, 0.4) is 0 Å². The van der Waals surface area contributed by atoms with Crippen molar-refractivity contribution in [1.29, 1.82) is 0 Å². The number of aromatic hydroxyl groups is 1. The molecule has 0 aliphatic carbocycles. The Morgan fingerprint density at radius 3 is 2.00 bits per heavy atom. The fourth-order valence-electron chi connectivity index (χ4n) is 6.92. The van der Waals surface area contributed by atoms with Crippen molar-refractivity contribution in [3.63, 3.8) is 0 Å². The second-order valence-corrected chi connectivity index (χ2v) is 18.1. The van der Waals surface area contributed by atoms with Crippen molar-refractivity contribution in [2.45, 2.75) is 151 Å². The number of nitrogens with one attached hydrogen (secondary N) is 2. The molecule has 0 spiro atoms. The quantitative estimate of drug-likeness (QED) is 0.0583. The van der Waals surface area contributed by atoms with Gasteiger partial charge in [-0.3, -0.25) is 4.79 Å². The summed E-state index contributed by atoms with van der Waals surface area (Å²) >= 11 is 6.20. The van der Waals surface area contributed by atoms with Gasteiger partial charge in [0.1, 0.15) is 22.5 Å². The van der Waals surface area contributed by atoms with Crippen molar-refractivity contribution in [2.24, 2.45) is 0 Å². The van der Waals surface area contributed by atoms with E-state index >= 15 is 0 Å². The first-order valence-corrected chi connectivity index (χ1v) is 22.3. The zero-order valence-corrected chi connectivity index (χ0v) is 38.5. The monoisotopic (exact) mass is 834 g/mol. The molecule has 59 heavy (non-hydrogen) atoms. The number of aryl methyl sites for hydroxylation is 1. The maximum absolute atomic E-state index is 13.2. The highest BCUT2D eigenvalue weighted by molar-refractivity contribution is 6.31. The summed E-state index contributed by atoms with van der Waals surface area (Å²) in [7, 11) is 2.20. The van der Waals surface area contributed by atoms with Crippen LogP contribution in [0.5, 0.6) is 5.75 Å². The fraction of sp³-hybridized carbons (Fsp3) is 0.644. The summed E-state index contributed by atoms with van der Waals surface area (Å²) in [6.07, 6.45) is 8.75. The Labute approximate surface area is 358 Å². The Morgan fingerprint density at radius 1 is 0.797 bits per heavy atom. The van der Waals surface area contributed by atoms with Crippen molar-refractivity contribution >= 4 is 46.4 Å². The van der Waals surface area contributed by atoms with Gasteiger partial charge in [-0.25, -0.2) is 0 Å². The zero-order valence-electron chi connectivity index (χ0n) is 37.8. The van der Waals surface area contributed by atoms with E-state index < -0.39 is 0 Å². The average molecular weight is 835 g/mol. The maximum atomic E-state index is 13.2. The lowest BCUT2D eigenvalue weighted by Crippen LogP contribution is -2.37. The van der Waals surface area contributed by atoms with Gasteiger partial charge in [0.25, 0.3) is 0 Å². The van der Waals surface area contributed by atoms with Crippen LogP contribution in [0.1, 0.15) is 132 Å². The number of rotatable bonds is 24. The normalized spacial score (nSPS) is 12.1. The average Bonchev–Trinajstić information content (AvgIpc) is 3.59. The van der Waals surface area contributed by atoms with E-state index in [-0.39, 0.29) is 35.6 Å². The molecule has 4 aromatic rings. The first-order chi connectivity index (χ1) is 28.0. The molecule has 0 radical (unpaired) electrons. The van der Waals surface area contributed by atoms with Gasteiger partial charge in [0.15, 0.2) is 0 Å². The molecule has 1 amide bonds. The molecule has 0 unspecified atom stereocenters. The number of benzene rings is 2. The molecule has 0 bridgehead atoms. The molecule has 0 aliphatic rings. The summed E-state index contributed by atoms with van der Waals surface area (Å²) in [6.45, 7) is 25.3. The number of amides is 1. The summed E-state index contributed by atoms with van der Waals surface area (Å²) in [6, 6.07) is 10.2. The number of halogens is 1. The third kappa shape index (κ3) is 14.2. The number of carbonyl (C=O) groups is 1. The molecule has 2 aromatic heterocycles. The van der Waals surface area contributed by atoms with E-state index in [0.717, 1.165) is 62.9 Å². The van der Waals surface area contributed by atoms with Crippen molar-refractivity contribution in [3.05, 3.63) is 46.5 Å². The smallest absolute Gasteiger partial charge is 0.232 e. The van der Waals surface area contributed by atoms with Crippen molar-refractivity contribution < 1.29 is 9.90 Å². The Kier molecular flexibility index (Phi) is 18.0. The van der Waals surface area contributed by atoms with Crippen molar-refractivity contribution in [3.8, 4) is 11.4 Å². The summed E-state index contributed by atoms with van der Waals surface area (Å²) in [4.78, 5) is 36.5. The lowest BCUT2D eigenvalue weighted by atomic mass is 9.84. The van der Waals surface area contributed by atoms with Gasteiger partial charge in [0.05, 0.1) is 0 Å². The van der Waals surface area contributed by atoms with E-state index in [4.69, 9.17) is 26.6 Å². The van der Waals surface area contributed by atoms with Crippen LogP contribution in [0.15, 0.2) is 30.3 Å². The highest BCUT2D eigenvalue weighted by atomic mass is 35.5. The first kappa shape index (κ1) is 47.4. The minimum Gasteiger partial charge on any atom is -0.505 e. The van der Waals surface area contributed by atoms with Crippen LogP contribution in [-0.4, -0.2) is 104 Å². The summed E-state index contributed by atoms with van der Waals surface area (Å²) in [5.41, 5.74) is 3.07. The Bertz CT molecular complexity index is 1920. The second kappa shape index (κ2) is 22.4. The van der Waals surface area contributed by atoms with Crippen molar-refractivity contribution in [2.75, 3.05) is 54.9 Å². The van der Waals surface area contributed by atoms with Gasteiger partial charge < -0.3 is 30.4 Å². The van der Waals surface area contributed by atoms with Crippen LogP contribution in [0.4, 0.5) is 17.8 Å². The van der Waals surface area contributed by atoms with Gasteiger partial charge in [0.2, 0.25) is 23.8 Å². The molecule has 2 aromatic carbocycles. The molecular weight excluding hydrogens is 762 g/mol. The third-order valence-electron chi connectivity index (χ3n) is 10.8. The number of carbonyl (C=O) groups excluding carboxylic acids is 1. The van der Waals surface area contributed by atoms with E-state index in [0.29, 0.717) is 65.1 Å². The van der Waals surface area contributed by atoms with E-state index in [1.165, 1.54) is 17.6 Å². The molecule has 0 fully saturated rings. The largest absolute Gasteiger partial charge is 0.505 e. The molecule has 0 saturated carbocycles. The number of phenols is 1. The Balaban J connectivity index is 1.42. The molecule has 2 heterocycles. The lowest BCUT2D eigenvalue weighted by molar-refractivity contribution is -0.120. The van der Waals surface area contributed by atoms with Crippen LogP contribution >= 0.6 is 11.6 Å². The molecule has 4 rings (SSSR count). The van der Waals surface area contributed by atoms with Crippen LogP contribution in [0.2, 0.25) is 5.02 Å². The van der Waals surface area contributed by atoms with Gasteiger partial charge in [-0.15, -0.1) is 15.0 Å². The summed E-state index contributed by atoms with van der Waals surface area (Å²) in [5, 5.41) is 27.6. The van der Waals surface area contributed by atoms with Crippen LogP contribution in [0.25, 0.3) is 16.7 Å². The van der Waals surface area contributed by atoms with Crippen LogP contribution < -0.4 is 20.4 Å². The Hall–Kier alpha value is -4.23. The number of unbranched alkanes of at least 4 members (excludes halogenated alkanes) is 5. The van der Waals surface area contributed by atoms with Gasteiger partial charge in [-0.2, -0.15) is 15.0 Å². The molecule has 3 N–H and O–H groups in total. The van der Waals surface area contributed by atoms with Gasteiger partial charge in [-0.1, -0.05) is 71.0 Å². The number of fused-ring (bicyclic) bond motifs is 1. The topological polar surface area (TPSA) is 140 Å². The predicted octanol–water partition coefficient (Wildman–Crippen LogP) is 8.94.